The topological polar surface area (TPSA) is 38.3 Å². The first kappa shape index (κ1) is 14.8. The summed E-state index contributed by atoms with van der Waals surface area (Å²) >= 11 is 2.21. The Bertz CT molecular complexity index is 608. The zero-order chi connectivity index (χ0) is 14.5. The number of halogens is 1. The van der Waals surface area contributed by atoms with E-state index in [2.05, 4.69) is 27.9 Å². The summed E-state index contributed by atoms with van der Waals surface area (Å²) in [5, 5.41) is 2.89. The van der Waals surface area contributed by atoms with E-state index in [9.17, 15) is 4.79 Å². The molecule has 0 fully saturated rings. The third kappa shape index (κ3) is 3.72. The average Bonchev–Trinajstić information content (AvgIpc) is 2.43. The zero-order valence-corrected chi connectivity index (χ0v) is 13.6. The molecule has 3 nitrogen and oxygen atoms in total. The summed E-state index contributed by atoms with van der Waals surface area (Å²) in [6.07, 6.45) is 0. The van der Waals surface area contributed by atoms with Gasteiger partial charge in [-0.1, -0.05) is 6.07 Å². The van der Waals surface area contributed by atoms with Crippen molar-refractivity contribution in [3.63, 3.8) is 0 Å². The van der Waals surface area contributed by atoms with Crippen molar-refractivity contribution in [1.82, 2.24) is 0 Å². The number of carbonyl (C=O) groups is 1. The fourth-order valence-corrected chi connectivity index (χ4v) is 2.16. The molecule has 0 aromatic heterocycles. The van der Waals surface area contributed by atoms with Crippen molar-refractivity contribution < 1.29 is 9.53 Å². The summed E-state index contributed by atoms with van der Waals surface area (Å²) in [7, 11) is 0. The van der Waals surface area contributed by atoms with Crippen LogP contribution in [0.1, 0.15) is 22.8 Å². The second-order valence-electron chi connectivity index (χ2n) is 4.39. The smallest absolute Gasteiger partial charge is 0.255 e. The minimum atomic E-state index is -0.133. The van der Waals surface area contributed by atoms with Crippen LogP contribution in [-0.4, -0.2) is 12.5 Å². The molecule has 0 aliphatic heterocycles. The molecule has 0 unspecified atom stereocenters. The third-order valence-electron chi connectivity index (χ3n) is 2.79. The van der Waals surface area contributed by atoms with Crippen molar-refractivity contribution >= 4 is 34.2 Å². The Labute approximate surface area is 132 Å². The summed E-state index contributed by atoms with van der Waals surface area (Å²) in [5.41, 5.74) is 2.43. The number of carbonyl (C=O) groups excluding carboxylic acids is 1. The number of aryl methyl sites for hydroxylation is 1. The predicted octanol–water partition coefficient (Wildman–Crippen LogP) is 4.25. The number of hydrogen-bond donors (Lipinski definition) is 1. The molecule has 2 rings (SSSR count). The lowest BCUT2D eigenvalue weighted by Gasteiger charge is -2.12. The standard InChI is InChI=1S/C16H16INO2/c1-3-20-15-10-11(2)4-9-14(15)18-16(19)12-5-7-13(17)8-6-12/h4-10H,3H2,1-2H3,(H,18,19). The molecule has 0 radical (unpaired) electrons. The highest BCUT2D eigenvalue weighted by Crippen LogP contribution is 2.26. The van der Waals surface area contributed by atoms with E-state index in [0.717, 1.165) is 9.13 Å². The summed E-state index contributed by atoms with van der Waals surface area (Å²) in [6, 6.07) is 13.2. The van der Waals surface area contributed by atoms with Crippen LogP contribution in [0.15, 0.2) is 42.5 Å². The van der Waals surface area contributed by atoms with Gasteiger partial charge in [0.2, 0.25) is 0 Å². The molecule has 4 heteroatoms. The Morgan fingerprint density at radius 1 is 1.20 bits per heavy atom. The van der Waals surface area contributed by atoms with E-state index in [0.29, 0.717) is 23.6 Å². The second-order valence-corrected chi connectivity index (χ2v) is 5.64. The average molecular weight is 381 g/mol. The summed E-state index contributed by atoms with van der Waals surface area (Å²) in [6.45, 7) is 4.48. The maximum atomic E-state index is 12.2. The highest BCUT2D eigenvalue weighted by molar-refractivity contribution is 14.1. The molecule has 0 spiro atoms. The van der Waals surface area contributed by atoms with Gasteiger partial charge in [0.25, 0.3) is 5.91 Å². The van der Waals surface area contributed by atoms with E-state index in [1.807, 2.05) is 56.3 Å². The number of hydrogen-bond acceptors (Lipinski definition) is 2. The molecule has 0 heterocycles. The van der Waals surface area contributed by atoms with Gasteiger partial charge in [-0.15, -0.1) is 0 Å². The molecule has 2 aromatic rings. The van der Waals surface area contributed by atoms with Crippen molar-refractivity contribution in [2.75, 3.05) is 11.9 Å². The van der Waals surface area contributed by atoms with Crippen molar-refractivity contribution in [3.05, 3.63) is 57.2 Å². The van der Waals surface area contributed by atoms with E-state index in [1.165, 1.54) is 0 Å². The minimum absolute atomic E-state index is 0.133. The van der Waals surface area contributed by atoms with Crippen molar-refractivity contribution in [2.45, 2.75) is 13.8 Å². The lowest BCUT2D eigenvalue weighted by molar-refractivity contribution is 0.102. The Morgan fingerprint density at radius 3 is 2.55 bits per heavy atom. The van der Waals surface area contributed by atoms with Crippen LogP contribution < -0.4 is 10.1 Å². The molecule has 0 atom stereocenters. The first-order chi connectivity index (χ1) is 9.60. The van der Waals surface area contributed by atoms with Crippen LogP contribution in [0.4, 0.5) is 5.69 Å². The Kier molecular flexibility index (Phi) is 5.00. The molecule has 2 aromatic carbocycles. The molecular weight excluding hydrogens is 365 g/mol. The molecule has 20 heavy (non-hydrogen) atoms. The Morgan fingerprint density at radius 2 is 1.90 bits per heavy atom. The number of ether oxygens (including phenoxy) is 1. The summed E-state index contributed by atoms with van der Waals surface area (Å²) in [4.78, 5) is 12.2. The fourth-order valence-electron chi connectivity index (χ4n) is 1.80. The third-order valence-corrected chi connectivity index (χ3v) is 3.51. The number of nitrogens with one attached hydrogen (secondary N) is 1. The van der Waals surface area contributed by atoms with Crippen LogP contribution in [0.25, 0.3) is 0 Å². The lowest BCUT2D eigenvalue weighted by atomic mass is 10.2. The van der Waals surface area contributed by atoms with Crippen LogP contribution in [0.5, 0.6) is 5.75 Å². The van der Waals surface area contributed by atoms with Crippen LogP contribution >= 0.6 is 22.6 Å². The van der Waals surface area contributed by atoms with Crippen molar-refractivity contribution in [1.29, 1.82) is 0 Å². The van der Waals surface area contributed by atoms with Crippen LogP contribution in [0, 0.1) is 10.5 Å². The lowest BCUT2D eigenvalue weighted by Crippen LogP contribution is -2.13. The quantitative estimate of drug-likeness (QED) is 0.805. The van der Waals surface area contributed by atoms with Gasteiger partial charge < -0.3 is 10.1 Å². The predicted molar refractivity (Wildman–Crippen MR) is 89.5 cm³/mol. The van der Waals surface area contributed by atoms with Gasteiger partial charge in [0.1, 0.15) is 5.75 Å². The van der Waals surface area contributed by atoms with E-state index in [4.69, 9.17) is 4.74 Å². The maximum absolute atomic E-state index is 12.2. The molecule has 104 valence electrons. The molecule has 0 aliphatic rings. The van der Waals surface area contributed by atoms with Gasteiger partial charge in [-0.2, -0.15) is 0 Å². The first-order valence-corrected chi connectivity index (χ1v) is 7.48. The monoisotopic (exact) mass is 381 g/mol. The SMILES string of the molecule is CCOc1cc(C)ccc1NC(=O)c1ccc(I)cc1. The van der Waals surface area contributed by atoms with E-state index >= 15 is 0 Å². The minimum Gasteiger partial charge on any atom is -0.492 e. The zero-order valence-electron chi connectivity index (χ0n) is 11.4. The Balaban J connectivity index is 2.21. The van der Waals surface area contributed by atoms with Crippen LogP contribution in [-0.2, 0) is 0 Å². The summed E-state index contributed by atoms with van der Waals surface area (Å²) < 4.78 is 6.66. The molecule has 1 amide bonds. The molecule has 0 aliphatic carbocycles. The second kappa shape index (κ2) is 6.74. The molecule has 0 bridgehead atoms. The Hall–Kier alpha value is -1.56. The van der Waals surface area contributed by atoms with Gasteiger partial charge in [0.15, 0.2) is 0 Å². The first-order valence-electron chi connectivity index (χ1n) is 6.40. The van der Waals surface area contributed by atoms with Crippen LogP contribution in [0.2, 0.25) is 0 Å². The fraction of sp³-hybridized carbons (Fsp3) is 0.188. The van der Waals surface area contributed by atoms with Crippen molar-refractivity contribution in [3.8, 4) is 5.75 Å². The number of anilines is 1. The highest BCUT2D eigenvalue weighted by atomic mass is 127. The van der Waals surface area contributed by atoms with Crippen LogP contribution in [0.3, 0.4) is 0 Å². The normalized spacial score (nSPS) is 10.2. The molecule has 0 saturated heterocycles. The van der Waals surface area contributed by atoms with Gasteiger partial charge in [-0.3, -0.25) is 4.79 Å². The largest absolute Gasteiger partial charge is 0.492 e. The van der Waals surface area contributed by atoms with Gasteiger partial charge in [-0.25, -0.2) is 0 Å². The van der Waals surface area contributed by atoms with E-state index < -0.39 is 0 Å². The van der Waals surface area contributed by atoms with E-state index in [1.54, 1.807) is 0 Å². The molecule has 1 N–H and O–H groups in total. The summed E-state index contributed by atoms with van der Waals surface area (Å²) in [5.74, 6) is 0.567. The number of rotatable bonds is 4. The van der Waals surface area contributed by atoms with Gasteiger partial charge >= 0.3 is 0 Å². The van der Waals surface area contributed by atoms with Gasteiger partial charge in [-0.05, 0) is 78.4 Å². The maximum Gasteiger partial charge on any atom is 0.255 e. The highest BCUT2D eigenvalue weighted by Gasteiger charge is 2.10. The van der Waals surface area contributed by atoms with Gasteiger partial charge in [0, 0.05) is 9.13 Å². The number of amides is 1. The van der Waals surface area contributed by atoms with Crippen molar-refractivity contribution in [2.24, 2.45) is 0 Å². The van der Waals surface area contributed by atoms with E-state index in [-0.39, 0.29) is 5.91 Å². The van der Waals surface area contributed by atoms with Gasteiger partial charge in [0.05, 0.1) is 12.3 Å². The number of benzene rings is 2. The molecule has 0 saturated carbocycles. The molecular formula is C16H16INO2.